The van der Waals surface area contributed by atoms with E-state index in [2.05, 4.69) is 21.9 Å². The maximum Gasteiger partial charge on any atom is 0.215 e. The Labute approximate surface area is 148 Å². The maximum atomic E-state index is 12.3. The molecule has 0 amide bonds. The van der Waals surface area contributed by atoms with E-state index in [1.165, 1.54) is 6.42 Å². The molecule has 1 aliphatic heterocycles. The number of sulfonamides is 1. The first-order valence-corrected chi connectivity index (χ1v) is 12.2. The van der Waals surface area contributed by atoms with E-state index in [0.717, 1.165) is 29.6 Å². The number of guanidine groups is 1. The van der Waals surface area contributed by atoms with E-state index in [4.69, 9.17) is 0 Å². The molecule has 2 fully saturated rings. The van der Waals surface area contributed by atoms with Crippen LogP contribution >= 0.6 is 23.5 Å². The van der Waals surface area contributed by atoms with Gasteiger partial charge < -0.3 is 10.6 Å². The Morgan fingerprint density at radius 1 is 1.35 bits per heavy atom. The van der Waals surface area contributed by atoms with Crippen LogP contribution in [0.2, 0.25) is 0 Å². The predicted octanol–water partition coefficient (Wildman–Crippen LogP) is 0.814. The van der Waals surface area contributed by atoms with Crippen LogP contribution in [0.15, 0.2) is 4.99 Å². The van der Waals surface area contributed by atoms with E-state index in [9.17, 15) is 8.42 Å². The monoisotopic (exact) mass is 380 g/mol. The minimum absolute atomic E-state index is 0.121. The Balaban J connectivity index is 1.73. The molecule has 2 aliphatic rings. The molecule has 0 aromatic rings. The van der Waals surface area contributed by atoms with E-state index in [0.29, 0.717) is 31.6 Å². The van der Waals surface area contributed by atoms with E-state index >= 15 is 0 Å². The second kappa shape index (κ2) is 9.39. The molecule has 0 spiro atoms. The van der Waals surface area contributed by atoms with Gasteiger partial charge in [-0.05, 0) is 25.5 Å². The summed E-state index contributed by atoms with van der Waals surface area (Å²) in [5.74, 6) is 2.62. The molecule has 1 saturated heterocycles. The van der Waals surface area contributed by atoms with Crippen molar-refractivity contribution >= 4 is 39.5 Å². The van der Waals surface area contributed by atoms with E-state index < -0.39 is 10.0 Å². The lowest BCUT2D eigenvalue weighted by molar-refractivity contribution is 0.443. The van der Waals surface area contributed by atoms with Crippen LogP contribution in [0.5, 0.6) is 0 Å². The topological polar surface area (TPSA) is 73.8 Å². The van der Waals surface area contributed by atoms with Gasteiger partial charge in [-0.2, -0.15) is 23.5 Å². The molecule has 6 nitrogen and oxygen atoms in total. The molecule has 0 aromatic heterocycles. The SMILES string of the molecule is CN=C(NCCS(=O)(=O)N1CCSCC1)NC1CCC(SC)C1. The molecule has 23 heavy (non-hydrogen) atoms. The average Bonchev–Trinajstić information content (AvgIpc) is 3.02. The number of nitrogens with zero attached hydrogens (tertiary/aromatic N) is 2. The van der Waals surface area contributed by atoms with Crippen LogP contribution < -0.4 is 10.6 Å². The lowest BCUT2D eigenvalue weighted by atomic mass is 10.2. The van der Waals surface area contributed by atoms with E-state index in [1.54, 1.807) is 11.4 Å². The Kier molecular flexibility index (Phi) is 7.84. The molecule has 1 saturated carbocycles. The lowest BCUT2D eigenvalue weighted by Crippen LogP contribution is -2.46. The lowest BCUT2D eigenvalue weighted by Gasteiger charge is -2.26. The van der Waals surface area contributed by atoms with Crippen molar-refractivity contribution in [3.8, 4) is 0 Å². The molecular formula is C14H28N4O2S3. The number of hydrogen-bond acceptors (Lipinski definition) is 5. The van der Waals surface area contributed by atoms with Gasteiger partial charge in [0.2, 0.25) is 10.0 Å². The highest BCUT2D eigenvalue weighted by Gasteiger charge is 2.25. The highest BCUT2D eigenvalue weighted by atomic mass is 32.2. The second-order valence-corrected chi connectivity index (χ2v) is 10.3. The fraction of sp³-hybridized carbons (Fsp3) is 0.929. The van der Waals surface area contributed by atoms with Gasteiger partial charge in [0.1, 0.15) is 0 Å². The van der Waals surface area contributed by atoms with Gasteiger partial charge in [-0.25, -0.2) is 12.7 Å². The second-order valence-electron chi connectivity index (χ2n) is 5.84. The quantitative estimate of drug-likeness (QED) is 0.525. The summed E-state index contributed by atoms with van der Waals surface area (Å²) < 4.78 is 26.2. The third-order valence-corrected chi connectivity index (χ3v) is 8.21. The Bertz CT molecular complexity index is 492. The van der Waals surface area contributed by atoms with Gasteiger partial charge in [-0.3, -0.25) is 4.99 Å². The summed E-state index contributed by atoms with van der Waals surface area (Å²) in [5.41, 5.74) is 0. The standard InChI is InChI=1S/C14H28N4O2S3/c1-15-14(17-12-3-4-13(11-12)21-2)16-5-10-23(19,20)18-6-8-22-9-7-18/h12-13H,3-11H2,1-2H3,(H2,15,16,17). The van der Waals surface area contributed by atoms with Gasteiger partial charge in [0.25, 0.3) is 0 Å². The minimum atomic E-state index is -3.16. The molecule has 2 unspecified atom stereocenters. The van der Waals surface area contributed by atoms with Gasteiger partial charge in [0.05, 0.1) is 5.75 Å². The summed E-state index contributed by atoms with van der Waals surface area (Å²) in [6, 6.07) is 0.439. The molecule has 0 radical (unpaired) electrons. The highest BCUT2D eigenvalue weighted by Crippen LogP contribution is 2.27. The summed E-state index contributed by atoms with van der Waals surface area (Å²) in [6.07, 6.45) is 5.68. The molecule has 2 atom stereocenters. The average molecular weight is 381 g/mol. The normalized spacial score (nSPS) is 27.1. The van der Waals surface area contributed by atoms with Crippen LogP contribution in [0.1, 0.15) is 19.3 Å². The number of nitrogens with one attached hydrogen (secondary N) is 2. The zero-order valence-electron chi connectivity index (χ0n) is 14.0. The van der Waals surface area contributed by atoms with Crippen LogP contribution in [-0.4, -0.2) is 80.2 Å². The van der Waals surface area contributed by atoms with Crippen molar-refractivity contribution in [1.82, 2.24) is 14.9 Å². The van der Waals surface area contributed by atoms with Gasteiger partial charge in [0.15, 0.2) is 5.96 Å². The minimum Gasteiger partial charge on any atom is -0.355 e. The Hall–Kier alpha value is -0.120. The molecular weight excluding hydrogens is 352 g/mol. The van der Waals surface area contributed by atoms with Crippen LogP contribution in [0.3, 0.4) is 0 Å². The Morgan fingerprint density at radius 3 is 2.70 bits per heavy atom. The van der Waals surface area contributed by atoms with Gasteiger partial charge >= 0.3 is 0 Å². The van der Waals surface area contributed by atoms with Crippen molar-refractivity contribution in [1.29, 1.82) is 0 Å². The van der Waals surface area contributed by atoms with Gasteiger partial charge in [-0.1, -0.05) is 0 Å². The van der Waals surface area contributed by atoms with Crippen molar-refractivity contribution in [2.75, 3.05) is 50.2 Å². The first-order valence-electron chi connectivity index (χ1n) is 8.10. The number of thioether (sulfide) groups is 2. The molecule has 1 heterocycles. The smallest absolute Gasteiger partial charge is 0.215 e. The number of hydrogen-bond donors (Lipinski definition) is 2. The van der Waals surface area contributed by atoms with Gasteiger partial charge in [0, 0.05) is 49.5 Å². The number of rotatable bonds is 6. The third-order valence-electron chi connectivity index (χ3n) is 4.30. The van der Waals surface area contributed by atoms with E-state index in [1.807, 2.05) is 23.5 Å². The van der Waals surface area contributed by atoms with Crippen LogP contribution in [-0.2, 0) is 10.0 Å². The van der Waals surface area contributed by atoms with Crippen LogP contribution in [0.4, 0.5) is 0 Å². The molecule has 1 aliphatic carbocycles. The largest absolute Gasteiger partial charge is 0.355 e. The molecule has 2 rings (SSSR count). The van der Waals surface area contributed by atoms with Crippen molar-refractivity contribution in [2.45, 2.75) is 30.6 Å². The highest BCUT2D eigenvalue weighted by molar-refractivity contribution is 7.99. The Morgan fingerprint density at radius 2 is 2.09 bits per heavy atom. The molecule has 2 N–H and O–H groups in total. The molecule has 9 heteroatoms. The summed E-state index contributed by atoms with van der Waals surface area (Å²) in [4.78, 5) is 4.21. The zero-order chi connectivity index (χ0) is 16.7. The summed E-state index contributed by atoms with van der Waals surface area (Å²) in [7, 11) is -1.43. The predicted molar refractivity (Wildman–Crippen MR) is 102 cm³/mol. The van der Waals surface area contributed by atoms with Crippen molar-refractivity contribution in [3.05, 3.63) is 0 Å². The molecule has 0 aromatic carbocycles. The molecule has 134 valence electrons. The fourth-order valence-electron chi connectivity index (χ4n) is 2.93. The first-order chi connectivity index (χ1) is 11.0. The van der Waals surface area contributed by atoms with Crippen LogP contribution in [0.25, 0.3) is 0 Å². The van der Waals surface area contributed by atoms with E-state index in [-0.39, 0.29) is 5.75 Å². The summed E-state index contributed by atoms with van der Waals surface area (Å²) in [5, 5.41) is 7.28. The van der Waals surface area contributed by atoms with Crippen molar-refractivity contribution in [3.63, 3.8) is 0 Å². The van der Waals surface area contributed by atoms with Gasteiger partial charge in [-0.15, -0.1) is 0 Å². The van der Waals surface area contributed by atoms with Crippen molar-refractivity contribution in [2.24, 2.45) is 4.99 Å². The van der Waals surface area contributed by atoms with Crippen LogP contribution in [0, 0.1) is 0 Å². The summed E-state index contributed by atoms with van der Waals surface area (Å²) >= 11 is 3.74. The first kappa shape index (κ1) is 19.2. The maximum absolute atomic E-state index is 12.3. The fourth-order valence-corrected chi connectivity index (χ4v) is 6.21. The summed E-state index contributed by atoms with van der Waals surface area (Å²) in [6.45, 7) is 1.67. The zero-order valence-corrected chi connectivity index (χ0v) is 16.4. The molecule has 0 bridgehead atoms. The number of aliphatic imine (C=N–C) groups is 1. The third kappa shape index (κ3) is 6.03. The van der Waals surface area contributed by atoms with Crippen molar-refractivity contribution < 1.29 is 8.42 Å².